The molecule has 33 heavy (non-hydrogen) atoms. The van der Waals surface area contributed by atoms with Gasteiger partial charge in [0.15, 0.2) is 0 Å². The summed E-state index contributed by atoms with van der Waals surface area (Å²) in [7, 11) is 0. The number of amides is 2. The molecule has 1 aliphatic rings. The molecule has 3 aromatic carbocycles. The molecule has 2 amide bonds. The molecule has 8 nitrogen and oxygen atoms in total. The second-order valence-electron chi connectivity index (χ2n) is 7.47. The molecular formula is C25H14N2O6. The van der Waals surface area contributed by atoms with Crippen molar-refractivity contribution in [2.45, 2.75) is 0 Å². The van der Waals surface area contributed by atoms with Crippen molar-refractivity contribution >= 4 is 40.3 Å². The minimum Gasteiger partial charge on any atom is -0.478 e. The Balaban J connectivity index is 1.62. The minimum absolute atomic E-state index is 0.119. The van der Waals surface area contributed by atoms with Gasteiger partial charge in [0.1, 0.15) is 0 Å². The summed E-state index contributed by atoms with van der Waals surface area (Å²) < 4.78 is 0. The van der Waals surface area contributed by atoms with Gasteiger partial charge in [-0.3, -0.25) is 14.6 Å². The Bertz CT molecular complexity index is 1490. The van der Waals surface area contributed by atoms with E-state index in [4.69, 9.17) is 0 Å². The van der Waals surface area contributed by atoms with Gasteiger partial charge in [0.25, 0.3) is 11.8 Å². The third-order valence-electron chi connectivity index (χ3n) is 5.50. The first-order valence-electron chi connectivity index (χ1n) is 9.84. The lowest BCUT2D eigenvalue weighted by atomic mass is 9.98. The number of nitrogens with zero attached hydrogens (tertiary/aromatic N) is 2. The number of aromatic nitrogens is 1. The molecule has 0 radical (unpaired) electrons. The third-order valence-corrected chi connectivity index (χ3v) is 5.50. The van der Waals surface area contributed by atoms with Crippen LogP contribution in [0.25, 0.3) is 22.0 Å². The van der Waals surface area contributed by atoms with Crippen LogP contribution in [0.4, 0.5) is 5.69 Å². The van der Waals surface area contributed by atoms with Crippen molar-refractivity contribution in [3.8, 4) is 11.1 Å². The van der Waals surface area contributed by atoms with Crippen molar-refractivity contribution in [2.24, 2.45) is 0 Å². The standard InChI is InChI=1S/C25H14N2O6/c28-22-19-7-6-14(18-5-1-3-13-4-2-8-26-21(13)18)12-20(19)23(29)27(22)17-10-15(24(30)31)9-16(11-17)25(32)33/h1-12H,(H,30,31)(H,32,33). The van der Waals surface area contributed by atoms with E-state index in [1.54, 1.807) is 18.3 Å². The van der Waals surface area contributed by atoms with E-state index < -0.39 is 23.8 Å². The Labute approximate surface area is 186 Å². The molecule has 0 saturated heterocycles. The maximum absolute atomic E-state index is 13.2. The largest absolute Gasteiger partial charge is 0.478 e. The van der Waals surface area contributed by atoms with Gasteiger partial charge in [0.2, 0.25) is 0 Å². The van der Waals surface area contributed by atoms with Gasteiger partial charge in [-0.25, -0.2) is 14.5 Å². The van der Waals surface area contributed by atoms with Gasteiger partial charge < -0.3 is 10.2 Å². The van der Waals surface area contributed by atoms with Gasteiger partial charge in [0, 0.05) is 17.1 Å². The Kier molecular flexibility index (Phi) is 4.49. The summed E-state index contributed by atoms with van der Waals surface area (Å²) in [6.07, 6.45) is 1.67. The maximum Gasteiger partial charge on any atom is 0.335 e. The number of carbonyl (C=O) groups excluding carboxylic acids is 2. The molecule has 2 N–H and O–H groups in total. The minimum atomic E-state index is -1.37. The predicted molar refractivity (Wildman–Crippen MR) is 119 cm³/mol. The number of hydrogen-bond donors (Lipinski definition) is 2. The van der Waals surface area contributed by atoms with E-state index in [0.717, 1.165) is 39.6 Å². The first-order chi connectivity index (χ1) is 15.8. The van der Waals surface area contributed by atoms with E-state index in [1.165, 1.54) is 6.07 Å². The highest BCUT2D eigenvalue weighted by Gasteiger charge is 2.37. The topological polar surface area (TPSA) is 125 Å². The summed E-state index contributed by atoms with van der Waals surface area (Å²) in [4.78, 5) is 54.4. The van der Waals surface area contributed by atoms with Crippen molar-refractivity contribution in [1.82, 2.24) is 4.98 Å². The van der Waals surface area contributed by atoms with E-state index >= 15 is 0 Å². The average Bonchev–Trinajstić information content (AvgIpc) is 3.07. The van der Waals surface area contributed by atoms with E-state index in [9.17, 15) is 29.4 Å². The molecule has 4 aromatic rings. The van der Waals surface area contributed by atoms with Gasteiger partial charge in [-0.2, -0.15) is 0 Å². The van der Waals surface area contributed by atoms with Gasteiger partial charge in [-0.05, 0) is 42.0 Å². The molecule has 0 bridgehead atoms. The quantitative estimate of drug-likeness (QED) is 0.460. The molecule has 160 valence electrons. The number of carboxylic acids is 2. The Morgan fingerprint density at radius 3 is 2.09 bits per heavy atom. The van der Waals surface area contributed by atoms with Crippen LogP contribution in [0.5, 0.6) is 0 Å². The average molecular weight is 438 g/mol. The summed E-state index contributed by atoms with van der Waals surface area (Å²) >= 11 is 0. The van der Waals surface area contributed by atoms with Crippen LogP contribution >= 0.6 is 0 Å². The molecule has 0 fully saturated rings. The molecule has 0 aliphatic carbocycles. The molecule has 1 aromatic heterocycles. The predicted octanol–water partition coefficient (Wildman–Crippen LogP) is 4.10. The summed E-state index contributed by atoms with van der Waals surface area (Å²) in [5.74, 6) is -4.07. The number of hydrogen-bond acceptors (Lipinski definition) is 5. The number of imide groups is 1. The highest BCUT2D eigenvalue weighted by Crippen LogP contribution is 2.34. The maximum atomic E-state index is 13.2. The lowest BCUT2D eigenvalue weighted by Gasteiger charge is -2.15. The molecular weight excluding hydrogens is 424 g/mol. The molecule has 0 unspecified atom stereocenters. The first kappa shape index (κ1) is 20.1. The van der Waals surface area contributed by atoms with E-state index in [0.29, 0.717) is 5.56 Å². The van der Waals surface area contributed by atoms with Crippen LogP contribution in [0.1, 0.15) is 41.4 Å². The Hall–Kier alpha value is -4.85. The van der Waals surface area contributed by atoms with Crippen LogP contribution in [-0.4, -0.2) is 39.0 Å². The lowest BCUT2D eigenvalue weighted by Crippen LogP contribution is -2.29. The first-order valence-corrected chi connectivity index (χ1v) is 9.84. The molecule has 8 heteroatoms. The second-order valence-corrected chi connectivity index (χ2v) is 7.47. The summed E-state index contributed by atoms with van der Waals surface area (Å²) in [6, 6.07) is 17.4. The fourth-order valence-corrected chi connectivity index (χ4v) is 3.97. The molecule has 0 atom stereocenters. The SMILES string of the molecule is O=C(O)c1cc(C(=O)O)cc(N2C(=O)c3ccc(-c4cccc5cccnc45)cc3C2=O)c1. The van der Waals surface area contributed by atoms with Crippen LogP contribution in [-0.2, 0) is 0 Å². The van der Waals surface area contributed by atoms with Crippen LogP contribution in [0.3, 0.4) is 0 Å². The number of rotatable bonds is 4. The fraction of sp³-hybridized carbons (Fsp3) is 0. The van der Waals surface area contributed by atoms with E-state index in [2.05, 4.69) is 4.98 Å². The Morgan fingerprint density at radius 2 is 1.39 bits per heavy atom. The van der Waals surface area contributed by atoms with E-state index in [-0.39, 0.29) is 27.9 Å². The van der Waals surface area contributed by atoms with Crippen molar-refractivity contribution in [3.05, 3.63) is 95.2 Å². The molecule has 5 rings (SSSR count). The summed E-state index contributed by atoms with van der Waals surface area (Å²) in [5.41, 5.74) is 1.70. The number of carboxylic acid groups (broad SMARTS) is 2. The number of pyridine rings is 1. The zero-order valence-corrected chi connectivity index (χ0v) is 16.9. The molecule has 0 saturated carbocycles. The van der Waals surface area contributed by atoms with Crippen molar-refractivity contribution in [3.63, 3.8) is 0 Å². The normalized spacial score (nSPS) is 12.8. The fourth-order valence-electron chi connectivity index (χ4n) is 3.97. The van der Waals surface area contributed by atoms with Gasteiger partial charge >= 0.3 is 11.9 Å². The molecule has 2 heterocycles. The number of anilines is 1. The Morgan fingerprint density at radius 1 is 0.727 bits per heavy atom. The van der Waals surface area contributed by atoms with Crippen molar-refractivity contribution in [1.29, 1.82) is 0 Å². The highest BCUT2D eigenvalue weighted by atomic mass is 16.4. The summed E-state index contributed by atoms with van der Waals surface area (Å²) in [6.45, 7) is 0. The molecule has 1 aliphatic heterocycles. The highest BCUT2D eigenvalue weighted by molar-refractivity contribution is 6.35. The van der Waals surface area contributed by atoms with Crippen molar-refractivity contribution < 1.29 is 29.4 Å². The summed E-state index contributed by atoms with van der Waals surface area (Å²) in [5, 5.41) is 19.6. The number of carbonyl (C=O) groups is 4. The number of aromatic carboxylic acids is 2. The van der Waals surface area contributed by atoms with E-state index in [1.807, 2.05) is 30.3 Å². The second kappa shape index (κ2) is 7.38. The van der Waals surface area contributed by atoms with Crippen LogP contribution in [0, 0.1) is 0 Å². The monoisotopic (exact) mass is 438 g/mol. The smallest absolute Gasteiger partial charge is 0.335 e. The number of para-hydroxylation sites is 1. The molecule has 0 spiro atoms. The zero-order valence-electron chi connectivity index (χ0n) is 16.9. The van der Waals surface area contributed by atoms with Crippen molar-refractivity contribution in [2.75, 3.05) is 4.90 Å². The van der Waals surface area contributed by atoms with Gasteiger partial charge in [-0.15, -0.1) is 0 Å². The number of benzene rings is 3. The van der Waals surface area contributed by atoms with Crippen LogP contribution in [0.15, 0.2) is 72.9 Å². The van der Waals surface area contributed by atoms with Gasteiger partial charge in [0.05, 0.1) is 33.5 Å². The van der Waals surface area contributed by atoms with Gasteiger partial charge in [-0.1, -0.05) is 30.3 Å². The lowest BCUT2D eigenvalue weighted by molar-refractivity contribution is 0.0695. The van der Waals surface area contributed by atoms with Crippen LogP contribution < -0.4 is 4.90 Å². The third kappa shape index (κ3) is 3.21. The van der Waals surface area contributed by atoms with Crippen LogP contribution in [0.2, 0.25) is 0 Å². The number of fused-ring (bicyclic) bond motifs is 2. The zero-order chi connectivity index (χ0) is 23.3.